The first-order chi connectivity index (χ1) is 9.65. The lowest BCUT2D eigenvalue weighted by Gasteiger charge is -2.13. The number of fused-ring (bicyclic) bond motifs is 1. The van der Waals surface area contributed by atoms with E-state index in [1.807, 2.05) is 0 Å². The summed E-state index contributed by atoms with van der Waals surface area (Å²) >= 11 is 0. The number of imidazole rings is 1. The molecule has 0 saturated carbocycles. The molecule has 3 rings (SSSR count). The Labute approximate surface area is 114 Å². The number of ether oxygens (including phenoxy) is 1. The molecule has 0 bridgehead atoms. The number of rotatable bonds is 4. The molecule has 1 aliphatic rings. The van der Waals surface area contributed by atoms with Crippen LogP contribution >= 0.6 is 8.25 Å². The van der Waals surface area contributed by atoms with Crippen molar-refractivity contribution in [3.8, 4) is 0 Å². The van der Waals surface area contributed by atoms with E-state index in [0.717, 1.165) is 12.8 Å². The molecule has 1 saturated heterocycles. The number of hydrogen-bond donors (Lipinski definition) is 2. The number of nitrogens with two attached hydrogens (primary N) is 1. The molecule has 20 heavy (non-hydrogen) atoms. The molecule has 9 nitrogen and oxygen atoms in total. The van der Waals surface area contributed by atoms with Crippen molar-refractivity contribution in [2.75, 3.05) is 12.3 Å². The maximum absolute atomic E-state index is 10.5. The van der Waals surface area contributed by atoms with E-state index in [9.17, 15) is 4.57 Å². The Morgan fingerprint density at radius 1 is 1.50 bits per heavy atom. The van der Waals surface area contributed by atoms with Crippen molar-refractivity contribution in [3.63, 3.8) is 0 Å². The third kappa shape index (κ3) is 2.48. The van der Waals surface area contributed by atoms with Gasteiger partial charge in [-0.1, -0.05) is 0 Å². The minimum absolute atomic E-state index is 0.0892. The van der Waals surface area contributed by atoms with Crippen molar-refractivity contribution in [1.29, 1.82) is 0 Å². The molecule has 0 amide bonds. The zero-order valence-electron chi connectivity index (χ0n) is 10.4. The topological polar surface area (TPSA) is 125 Å². The summed E-state index contributed by atoms with van der Waals surface area (Å²) in [7, 11) is -2.59. The standard InChI is InChI=1S/C10H12N5O4P/c11-9-8-10(13-4-12-9)15(5-14-8)7-2-1-6(19-7)3-18-20(16)17/h4-7H,1-3H2,(H2-,11,12,13,16,17)/p+1/t6?,7-/m1/s1. The van der Waals surface area contributed by atoms with Crippen molar-refractivity contribution >= 4 is 25.2 Å². The minimum Gasteiger partial charge on any atom is -0.382 e. The summed E-state index contributed by atoms with van der Waals surface area (Å²) in [6.07, 6.45) is 4.00. The van der Waals surface area contributed by atoms with Gasteiger partial charge in [0.2, 0.25) is 0 Å². The van der Waals surface area contributed by atoms with E-state index in [1.54, 1.807) is 10.9 Å². The molecule has 1 aliphatic heterocycles. The summed E-state index contributed by atoms with van der Waals surface area (Å²) in [5, 5.41) is 0. The van der Waals surface area contributed by atoms with Gasteiger partial charge in [-0.05, 0) is 12.8 Å². The number of aromatic nitrogens is 4. The predicted octanol–water partition coefficient (Wildman–Crippen LogP) is 0.752. The van der Waals surface area contributed by atoms with Crippen LogP contribution in [0.25, 0.3) is 11.2 Å². The normalized spacial score (nSPS) is 23.4. The second-order valence-corrected chi connectivity index (χ2v) is 5.14. The molecular formula is C10H13N5O4P+. The highest BCUT2D eigenvalue weighted by Crippen LogP contribution is 2.32. The first kappa shape index (κ1) is 13.3. The quantitative estimate of drug-likeness (QED) is 0.792. The van der Waals surface area contributed by atoms with Crippen LogP contribution in [0.3, 0.4) is 0 Å². The average Bonchev–Trinajstić information content (AvgIpc) is 3.02. The molecule has 0 aliphatic carbocycles. The minimum atomic E-state index is -2.59. The Bertz CT molecular complexity index is 648. The van der Waals surface area contributed by atoms with Crippen LogP contribution in [-0.2, 0) is 13.8 Å². The molecule has 106 valence electrons. The Morgan fingerprint density at radius 3 is 3.15 bits per heavy atom. The van der Waals surface area contributed by atoms with Crippen LogP contribution in [-0.4, -0.2) is 37.1 Å². The highest BCUT2D eigenvalue weighted by molar-refractivity contribution is 7.32. The smallest absolute Gasteiger partial charge is 0.382 e. The zero-order valence-corrected chi connectivity index (χ0v) is 11.3. The van der Waals surface area contributed by atoms with Gasteiger partial charge in [0, 0.05) is 4.57 Å². The van der Waals surface area contributed by atoms with Gasteiger partial charge in [0.15, 0.2) is 11.5 Å². The fourth-order valence-electron chi connectivity index (χ4n) is 2.24. The van der Waals surface area contributed by atoms with Crippen LogP contribution in [0.4, 0.5) is 5.82 Å². The number of nitrogens with zero attached hydrogens (tertiary/aromatic N) is 4. The van der Waals surface area contributed by atoms with Gasteiger partial charge in [-0.25, -0.2) is 15.0 Å². The average molecular weight is 298 g/mol. The summed E-state index contributed by atoms with van der Waals surface area (Å²) < 4.78 is 22.7. The molecule has 3 heterocycles. The lowest BCUT2D eigenvalue weighted by Crippen LogP contribution is -2.15. The highest BCUT2D eigenvalue weighted by Gasteiger charge is 2.30. The summed E-state index contributed by atoms with van der Waals surface area (Å²) in [4.78, 5) is 20.8. The Kier molecular flexibility index (Phi) is 3.58. The van der Waals surface area contributed by atoms with E-state index >= 15 is 0 Å². The van der Waals surface area contributed by atoms with E-state index < -0.39 is 8.25 Å². The van der Waals surface area contributed by atoms with Crippen LogP contribution in [0.5, 0.6) is 0 Å². The SMILES string of the molecule is Nc1ncnc2c1ncn2[C@H]1CCC(CO[P+](=O)O)O1. The van der Waals surface area contributed by atoms with Gasteiger partial charge >= 0.3 is 8.25 Å². The fourth-order valence-corrected chi connectivity index (χ4v) is 2.54. The molecule has 2 unspecified atom stereocenters. The third-order valence-corrected chi connectivity index (χ3v) is 3.52. The van der Waals surface area contributed by atoms with Gasteiger partial charge in [0.05, 0.1) is 12.4 Å². The van der Waals surface area contributed by atoms with Crippen molar-refractivity contribution < 1.29 is 18.7 Å². The van der Waals surface area contributed by atoms with Crippen molar-refractivity contribution in [2.45, 2.75) is 25.2 Å². The van der Waals surface area contributed by atoms with Crippen LogP contribution in [0, 0.1) is 0 Å². The van der Waals surface area contributed by atoms with E-state index in [1.165, 1.54) is 6.33 Å². The molecule has 0 radical (unpaired) electrons. The van der Waals surface area contributed by atoms with Gasteiger partial charge in [0.25, 0.3) is 0 Å². The monoisotopic (exact) mass is 298 g/mol. The Morgan fingerprint density at radius 2 is 2.35 bits per heavy atom. The second kappa shape index (κ2) is 5.37. The number of hydrogen-bond acceptors (Lipinski definition) is 7. The molecule has 3 N–H and O–H groups in total. The Balaban J connectivity index is 1.76. The molecule has 2 aromatic heterocycles. The van der Waals surface area contributed by atoms with Crippen LogP contribution in [0.2, 0.25) is 0 Å². The molecule has 1 fully saturated rings. The van der Waals surface area contributed by atoms with E-state index in [2.05, 4.69) is 19.5 Å². The molecule has 3 atom stereocenters. The summed E-state index contributed by atoms with van der Waals surface area (Å²) in [5.74, 6) is 0.323. The molecular weight excluding hydrogens is 285 g/mol. The number of nitrogen functional groups attached to an aromatic ring is 1. The zero-order chi connectivity index (χ0) is 14.1. The largest absolute Gasteiger partial charge is 0.694 e. The van der Waals surface area contributed by atoms with Crippen molar-refractivity contribution in [3.05, 3.63) is 12.7 Å². The van der Waals surface area contributed by atoms with Crippen molar-refractivity contribution in [2.24, 2.45) is 0 Å². The van der Waals surface area contributed by atoms with E-state index in [4.69, 9.17) is 15.4 Å². The lowest BCUT2D eigenvalue weighted by atomic mass is 10.2. The van der Waals surface area contributed by atoms with E-state index in [0.29, 0.717) is 17.0 Å². The van der Waals surface area contributed by atoms with Crippen molar-refractivity contribution in [1.82, 2.24) is 19.5 Å². The molecule has 2 aromatic rings. The van der Waals surface area contributed by atoms with Gasteiger partial charge < -0.3 is 10.5 Å². The van der Waals surface area contributed by atoms with Crippen LogP contribution < -0.4 is 5.73 Å². The lowest BCUT2D eigenvalue weighted by molar-refractivity contribution is -0.0162. The highest BCUT2D eigenvalue weighted by atomic mass is 31.1. The third-order valence-electron chi connectivity index (χ3n) is 3.15. The van der Waals surface area contributed by atoms with Gasteiger partial charge in [-0.15, -0.1) is 9.42 Å². The van der Waals surface area contributed by atoms with Gasteiger partial charge in [-0.2, -0.15) is 0 Å². The fraction of sp³-hybridized carbons (Fsp3) is 0.500. The first-order valence-electron chi connectivity index (χ1n) is 6.02. The summed E-state index contributed by atoms with van der Waals surface area (Å²) in [6, 6.07) is 0. The first-order valence-corrected chi connectivity index (χ1v) is 7.15. The molecule has 0 aromatic carbocycles. The number of anilines is 1. The Hall–Kier alpha value is -1.67. The second-order valence-electron chi connectivity index (χ2n) is 4.41. The predicted molar refractivity (Wildman–Crippen MR) is 68.7 cm³/mol. The maximum Gasteiger partial charge on any atom is 0.694 e. The molecule has 0 spiro atoms. The van der Waals surface area contributed by atoms with Gasteiger partial charge in [0.1, 0.15) is 24.7 Å². The summed E-state index contributed by atoms with van der Waals surface area (Å²) in [6.45, 7) is 0.0892. The van der Waals surface area contributed by atoms with Crippen LogP contribution in [0.1, 0.15) is 19.1 Å². The van der Waals surface area contributed by atoms with Crippen LogP contribution in [0.15, 0.2) is 12.7 Å². The summed E-state index contributed by atoms with van der Waals surface area (Å²) in [5.41, 5.74) is 6.87. The molecule has 10 heteroatoms. The van der Waals surface area contributed by atoms with Gasteiger partial charge in [-0.3, -0.25) is 4.57 Å². The maximum atomic E-state index is 10.5. The van der Waals surface area contributed by atoms with E-state index in [-0.39, 0.29) is 18.9 Å².